The van der Waals surface area contributed by atoms with Crippen LogP contribution in [0.5, 0.6) is 0 Å². The van der Waals surface area contributed by atoms with E-state index >= 15 is 0 Å². The van der Waals surface area contributed by atoms with Crippen LogP contribution < -0.4 is 4.83 Å². The summed E-state index contributed by atoms with van der Waals surface area (Å²) in [7, 11) is -3.57. The maximum atomic E-state index is 12.3. The Kier molecular flexibility index (Phi) is 3.59. The molecule has 0 aliphatic heterocycles. The SMILES string of the molecule is Cc1ccc(S(=O)(=O)N/N=C2\C[C@@H]3[C@H](C[C@H]2C)C3(C)C)cc1. The molecule has 22 heavy (non-hydrogen) atoms. The summed E-state index contributed by atoms with van der Waals surface area (Å²) in [4.78, 5) is 2.68. The van der Waals surface area contributed by atoms with Crippen molar-refractivity contribution in [3.8, 4) is 0 Å². The average Bonchev–Trinajstić information content (AvgIpc) is 2.97. The number of hydrogen-bond acceptors (Lipinski definition) is 3. The van der Waals surface area contributed by atoms with Gasteiger partial charge in [0.25, 0.3) is 10.0 Å². The lowest BCUT2D eigenvalue weighted by Gasteiger charge is -2.19. The van der Waals surface area contributed by atoms with Crippen molar-refractivity contribution in [1.29, 1.82) is 0 Å². The summed E-state index contributed by atoms with van der Waals surface area (Å²) in [6, 6.07) is 6.81. The number of sulfonamides is 1. The minimum atomic E-state index is -3.57. The van der Waals surface area contributed by atoms with Crippen LogP contribution in [0.4, 0.5) is 0 Å². The number of hydrogen-bond donors (Lipinski definition) is 1. The average molecular weight is 320 g/mol. The monoisotopic (exact) mass is 320 g/mol. The highest BCUT2D eigenvalue weighted by atomic mass is 32.2. The van der Waals surface area contributed by atoms with Gasteiger partial charge in [0.1, 0.15) is 0 Å². The molecule has 2 aliphatic rings. The van der Waals surface area contributed by atoms with Crippen LogP contribution >= 0.6 is 0 Å². The molecule has 3 rings (SSSR count). The van der Waals surface area contributed by atoms with Gasteiger partial charge in [-0.1, -0.05) is 38.5 Å². The van der Waals surface area contributed by atoms with Crippen LogP contribution in [0.1, 0.15) is 39.2 Å². The zero-order valence-corrected chi connectivity index (χ0v) is 14.4. The van der Waals surface area contributed by atoms with Crippen LogP contribution in [0.2, 0.25) is 0 Å². The molecule has 0 unspecified atom stereocenters. The van der Waals surface area contributed by atoms with Crippen LogP contribution in [-0.4, -0.2) is 14.1 Å². The number of nitrogens with zero attached hydrogens (tertiary/aromatic N) is 1. The van der Waals surface area contributed by atoms with E-state index in [2.05, 4.69) is 30.7 Å². The van der Waals surface area contributed by atoms with Gasteiger partial charge in [-0.25, -0.2) is 4.83 Å². The van der Waals surface area contributed by atoms with Gasteiger partial charge < -0.3 is 0 Å². The lowest BCUT2D eigenvalue weighted by molar-refractivity contribution is 0.495. The Hall–Kier alpha value is -1.36. The molecule has 2 fully saturated rings. The van der Waals surface area contributed by atoms with Gasteiger partial charge in [0.2, 0.25) is 0 Å². The van der Waals surface area contributed by atoms with E-state index in [0.717, 1.165) is 30.0 Å². The molecule has 0 radical (unpaired) electrons. The Balaban J connectivity index is 1.74. The van der Waals surface area contributed by atoms with E-state index in [1.165, 1.54) is 0 Å². The number of aryl methyl sites for hydroxylation is 1. The highest BCUT2D eigenvalue weighted by Crippen LogP contribution is 2.65. The fourth-order valence-corrected chi connectivity index (χ4v) is 4.56. The van der Waals surface area contributed by atoms with Crippen molar-refractivity contribution in [3.05, 3.63) is 29.8 Å². The van der Waals surface area contributed by atoms with Gasteiger partial charge >= 0.3 is 0 Å². The molecule has 0 amide bonds. The molecule has 2 saturated carbocycles. The summed E-state index contributed by atoms with van der Waals surface area (Å²) in [5.41, 5.74) is 2.41. The predicted octanol–water partition coefficient (Wildman–Crippen LogP) is 3.33. The van der Waals surface area contributed by atoms with Crippen molar-refractivity contribution >= 4 is 15.7 Å². The third-order valence-electron chi connectivity index (χ3n) is 5.53. The van der Waals surface area contributed by atoms with Gasteiger partial charge in [0, 0.05) is 5.71 Å². The molecule has 0 aromatic heterocycles. The van der Waals surface area contributed by atoms with E-state index in [4.69, 9.17) is 0 Å². The zero-order chi connectivity index (χ0) is 16.1. The molecule has 120 valence electrons. The summed E-state index contributed by atoms with van der Waals surface area (Å²) in [5, 5.41) is 4.26. The largest absolute Gasteiger partial charge is 0.276 e. The number of rotatable bonds is 3. The van der Waals surface area contributed by atoms with E-state index in [1.807, 2.05) is 6.92 Å². The van der Waals surface area contributed by atoms with Gasteiger partial charge in [0.15, 0.2) is 0 Å². The molecule has 0 saturated heterocycles. The van der Waals surface area contributed by atoms with Crippen molar-refractivity contribution < 1.29 is 8.42 Å². The second-order valence-corrected chi connectivity index (χ2v) is 9.05. The number of hydrazone groups is 1. The molecule has 2 aliphatic carbocycles. The standard InChI is InChI=1S/C17H24N2O2S/c1-11-5-7-13(8-6-11)22(20,21)19-18-16-10-15-14(9-12(16)2)17(15,3)4/h5-8,12,14-15,19H,9-10H2,1-4H3/b18-16+/t12-,14+,15-/m1/s1. The Morgan fingerprint density at radius 2 is 1.82 bits per heavy atom. The zero-order valence-electron chi connectivity index (χ0n) is 13.6. The van der Waals surface area contributed by atoms with Crippen LogP contribution in [0.25, 0.3) is 0 Å². The number of benzene rings is 1. The fourth-order valence-electron chi connectivity index (χ4n) is 3.72. The lowest BCUT2D eigenvalue weighted by atomic mass is 9.89. The molecule has 0 spiro atoms. The van der Waals surface area contributed by atoms with Gasteiger partial charge in [-0.3, -0.25) is 0 Å². The molecule has 1 N–H and O–H groups in total. The number of nitrogens with one attached hydrogen (secondary N) is 1. The Morgan fingerprint density at radius 1 is 1.18 bits per heavy atom. The van der Waals surface area contributed by atoms with E-state index < -0.39 is 10.0 Å². The van der Waals surface area contributed by atoms with Crippen molar-refractivity contribution in [2.24, 2.45) is 28.3 Å². The first-order valence-electron chi connectivity index (χ1n) is 7.87. The maximum Gasteiger partial charge on any atom is 0.276 e. The van der Waals surface area contributed by atoms with Crippen LogP contribution in [-0.2, 0) is 10.0 Å². The van der Waals surface area contributed by atoms with Gasteiger partial charge in [-0.05, 0) is 55.1 Å². The van der Waals surface area contributed by atoms with Crippen LogP contribution in [0, 0.1) is 30.1 Å². The number of fused-ring (bicyclic) bond motifs is 1. The second kappa shape index (κ2) is 5.08. The van der Waals surface area contributed by atoms with E-state index in [9.17, 15) is 8.42 Å². The molecular formula is C17H24N2O2S. The molecule has 1 aromatic rings. The third kappa shape index (κ3) is 2.67. The molecule has 1 aromatic carbocycles. The summed E-state index contributed by atoms with van der Waals surface area (Å²) in [5.74, 6) is 1.78. The smallest absolute Gasteiger partial charge is 0.200 e. The minimum absolute atomic E-state index is 0.260. The maximum absolute atomic E-state index is 12.3. The van der Waals surface area contributed by atoms with Crippen molar-refractivity contribution in [2.45, 2.75) is 45.4 Å². The third-order valence-corrected chi connectivity index (χ3v) is 6.76. The highest BCUT2D eigenvalue weighted by Gasteiger charge is 2.60. The Morgan fingerprint density at radius 3 is 2.45 bits per heavy atom. The normalized spacial score (nSPS) is 31.6. The predicted molar refractivity (Wildman–Crippen MR) is 88.1 cm³/mol. The molecule has 0 bridgehead atoms. The van der Waals surface area contributed by atoms with Crippen molar-refractivity contribution in [3.63, 3.8) is 0 Å². The first-order valence-corrected chi connectivity index (χ1v) is 9.35. The van der Waals surface area contributed by atoms with Crippen LogP contribution in [0.3, 0.4) is 0 Å². The lowest BCUT2D eigenvalue weighted by Crippen LogP contribution is -2.25. The minimum Gasteiger partial charge on any atom is -0.200 e. The van der Waals surface area contributed by atoms with E-state index in [-0.39, 0.29) is 4.90 Å². The molecular weight excluding hydrogens is 296 g/mol. The quantitative estimate of drug-likeness (QED) is 0.868. The topological polar surface area (TPSA) is 58.5 Å². The van der Waals surface area contributed by atoms with Crippen molar-refractivity contribution in [2.75, 3.05) is 0 Å². The van der Waals surface area contributed by atoms with Gasteiger partial charge in [-0.2, -0.15) is 13.5 Å². The molecule has 4 nitrogen and oxygen atoms in total. The fraction of sp³-hybridized carbons (Fsp3) is 0.588. The summed E-state index contributed by atoms with van der Waals surface area (Å²) < 4.78 is 24.6. The van der Waals surface area contributed by atoms with Crippen molar-refractivity contribution in [1.82, 2.24) is 4.83 Å². The first-order chi connectivity index (χ1) is 10.2. The van der Waals surface area contributed by atoms with Crippen LogP contribution in [0.15, 0.2) is 34.3 Å². The summed E-state index contributed by atoms with van der Waals surface area (Å²) in [6.07, 6.45) is 2.03. The van der Waals surface area contributed by atoms with E-state index in [1.54, 1.807) is 24.3 Å². The molecule has 0 heterocycles. The summed E-state index contributed by atoms with van der Waals surface area (Å²) >= 11 is 0. The Labute approximate surface area is 133 Å². The first kappa shape index (κ1) is 15.5. The van der Waals surface area contributed by atoms with E-state index in [0.29, 0.717) is 17.3 Å². The van der Waals surface area contributed by atoms with Gasteiger partial charge in [0.05, 0.1) is 4.90 Å². The second-order valence-electron chi connectivity index (χ2n) is 7.39. The van der Waals surface area contributed by atoms with Gasteiger partial charge in [-0.15, -0.1) is 0 Å². The Bertz CT molecular complexity index is 705. The molecule has 5 heteroatoms. The molecule has 3 atom stereocenters. The highest BCUT2D eigenvalue weighted by molar-refractivity contribution is 7.89. The summed E-state index contributed by atoms with van der Waals surface area (Å²) in [6.45, 7) is 8.67.